The van der Waals surface area contributed by atoms with Gasteiger partial charge >= 0.3 is 0 Å². The molecule has 0 saturated heterocycles. The first kappa shape index (κ1) is 19.9. The number of carbonyl (C=O) groups is 1. The zero-order chi connectivity index (χ0) is 22.1. The Kier molecular flexibility index (Phi) is 5.11. The molecule has 1 amide bonds. The van der Waals surface area contributed by atoms with Crippen LogP contribution in [0, 0.1) is 6.92 Å². The molecule has 2 heterocycles. The highest BCUT2D eigenvalue weighted by atomic mass is 16.7. The molecular weight excluding hydrogens is 402 g/mol. The van der Waals surface area contributed by atoms with Crippen molar-refractivity contribution in [1.29, 1.82) is 0 Å². The van der Waals surface area contributed by atoms with Gasteiger partial charge in [-0.2, -0.15) is 5.10 Å². The maximum Gasteiger partial charge on any atom is 0.255 e. The first-order valence-electron chi connectivity index (χ1n) is 10.5. The maximum atomic E-state index is 13.5. The summed E-state index contributed by atoms with van der Waals surface area (Å²) in [7, 11) is 0. The van der Waals surface area contributed by atoms with Crippen molar-refractivity contribution in [2.45, 2.75) is 19.9 Å². The zero-order valence-electron chi connectivity index (χ0n) is 17.9. The molecule has 0 radical (unpaired) electrons. The fourth-order valence-corrected chi connectivity index (χ4v) is 3.93. The first-order chi connectivity index (χ1) is 15.6. The number of nitrogens with zero attached hydrogens (tertiary/aromatic N) is 2. The van der Waals surface area contributed by atoms with Crippen LogP contribution in [-0.4, -0.2) is 22.5 Å². The Hall–Kier alpha value is -4.06. The summed E-state index contributed by atoms with van der Waals surface area (Å²) in [5.74, 6) is 1.24. The highest BCUT2D eigenvalue weighted by Gasteiger charge is 2.25. The van der Waals surface area contributed by atoms with Crippen molar-refractivity contribution in [3.05, 3.63) is 95.7 Å². The lowest BCUT2D eigenvalue weighted by Crippen LogP contribution is -2.27. The molecule has 160 valence electrons. The van der Waals surface area contributed by atoms with Gasteiger partial charge in [0.15, 0.2) is 11.5 Å². The number of nitrogens with one attached hydrogen (secondary N) is 1. The Labute approximate surface area is 186 Å². The second-order valence-electron chi connectivity index (χ2n) is 7.73. The molecule has 1 N–H and O–H groups in total. The lowest BCUT2D eigenvalue weighted by atomic mass is 10.0. The maximum absolute atomic E-state index is 13.5. The largest absolute Gasteiger partial charge is 0.454 e. The summed E-state index contributed by atoms with van der Waals surface area (Å²) >= 11 is 0. The number of rotatable bonds is 5. The number of hydrogen-bond acceptors (Lipinski definition) is 4. The number of para-hydroxylation sites is 1. The van der Waals surface area contributed by atoms with Gasteiger partial charge in [0.1, 0.15) is 5.69 Å². The SMILES string of the molecule is Cc1c(C(=O)N[C@H](C)c2ccc3c(c2)OCO3)c(-c2ccccc2)nn1-c1ccccc1. The lowest BCUT2D eigenvalue weighted by molar-refractivity contribution is 0.0939. The summed E-state index contributed by atoms with van der Waals surface area (Å²) in [5, 5.41) is 7.95. The van der Waals surface area contributed by atoms with Gasteiger partial charge in [-0.05, 0) is 43.7 Å². The first-order valence-corrected chi connectivity index (χ1v) is 10.5. The van der Waals surface area contributed by atoms with Crippen LogP contribution < -0.4 is 14.8 Å². The molecule has 0 aliphatic carbocycles. The molecule has 0 saturated carbocycles. The van der Waals surface area contributed by atoms with Crippen LogP contribution in [0.3, 0.4) is 0 Å². The summed E-state index contributed by atoms with van der Waals surface area (Å²) in [6.07, 6.45) is 0. The summed E-state index contributed by atoms with van der Waals surface area (Å²) < 4.78 is 12.7. The molecule has 6 nitrogen and oxygen atoms in total. The number of ether oxygens (including phenoxy) is 2. The van der Waals surface area contributed by atoms with E-state index in [-0.39, 0.29) is 18.7 Å². The van der Waals surface area contributed by atoms with Crippen molar-refractivity contribution in [1.82, 2.24) is 15.1 Å². The van der Waals surface area contributed by atoms with Gasteiger partial charge in [-0.25, -0.2) is 4.68 Å². The normalized spacial score (nSPS) is 13.1. The average molecular weight is 425 g/mol. The summed E-state index contributed by atoms with van der Waals surface area (Å²) in [4.78, 5) is 13.5. The van der Waals surface area contributed by atoms with Crippen LogP contribution >= 0.6 is 0 Å². The molecule has 4 aromatic rings. The van der Waals surface area contributed by atoms with E-state index in [4.69, 9.17) is 14.6 Å². The van der Waals surface area contributed by atoms with E-state index < -0.39 is 0 Å². The smallest absolute Gasteiger partial charge is 0.255 e. The van der Waals surface area contributed by atoms with E-state index in [1.807, 2.05) is 97.4 Å². The van der Waals surface area contributed by atoms with Gasteiger partial charge in [0.2, 0.25) is 6.79 Å². The third-order valence-corrected chi connectivity index (χ3v) is 5.64. The molecule has 0 unspecified atom stereocenters. The zero-order valence-corrected chi connectivity index (χ0v) is 17.9. The summed E-state index contributed by atoms with van der Waals surface area (Å²) in [5.41, 5.74) is 4.74. The molecule has 1 atom stereocenters. The Morgan fingerprint density at radius 1 is 0.969 bits per heavy atom. The molecule has 32 heavy (non-hydrogen) atoms. The van der Waals surface area contributed by atoms with Crippen molar-refractivity contribution in [2.75, 3.05) is 6.79 Å². The molecule has 1 aliphatic rings. The van der Waals surface area contributed by atoms with Crippen molar-refractivity contribution in [3.63, 3.8) is 0 Å². The third kappa shape index (κ3) is 3.60. The molecule has 0 spiro atoms. The van der Waals surface area contributed by atoms with Crippen LogP contribution in [0.5, 0.6) is 11.5 Å². The lowest BCUT2D eigenvalue weighted by Gasteiger charge is -2.15. The molecule has 1 aliphatic heterocycles. The molecule has 0 bridgehead atoms. The van der Waals surface area contributed by atoms with E-state index in [9.17, 15) is 4.79 Å². The predicted octanol–water partition coefficient (Wildman–Crippen LogP) is 5.07. The van der Waals surface area contributed by atoms with Crippen LogP contribution in [-0.2, 0) is 0 Å². The fraction of sp³-hybridized carbons (Fsp3) is 0.154. The fourth-order valence-electron chi connectivity index (χ4n) is 3.93. The van der Waals surface area contributed by atoms with Crippen LogP contribution in [0.15, 0.2) is 78.9 Å². The number of benzene rings is 3. The number of carbonyl (C=O) groups excluding carboxylic acids is 1. The monoisotopic (exact) mass is 425 g/mol. The standard InChI is InChI=1S/C26H23N3O3/c1-17(20-13-14-22-23(15-20)32-16-31-22)27-26(30)24-18(2)29(21-11-7-4-8-12-21)28-25(24)19-9-5-3-6-10-19/h3-15,17H,16H2,1-2H3,(H,27,30)/t17-/m1/s1. The van der Waals surface area contributed by atoms with E-state index in [1.165, 1.54) is 0 Å². The van der Waals surface area contributed by atoms with Crippen molar-refractivity contribution in [3.8, 4) is 28.4 Å². The van der Waals surface area contributed by atoms with E-state index in [2.05, 4.69) is 5.32 Å². The van der Waals surface area contributed by atoms with E-state index in [0.717, 1.165) is 28.3 Å². The molecule has 6 heteroatoms. The molecule has 1 aromatic heterocycles. The van der Waals surface area contributed by atoms with Crippen molar-refractivity contribution in [2.24, 2.45) is 0 Å². The molecular formula is C26H23N3O3. The van der Waals surface area contributed by atoms with Crippen molar-refractivity contribution >= 4 is 5.91 Å². The van der Waals surface area contributed by atoms with E-state index in [1.54, 1.807) is 0 Å². The van der Waals surface area contributed by atoms with E-state index in [0.29, 0.717) is 17.0 Å². The number of fused-ring (bicyclic) bond motifs is 1. The molecule has 0 fully saturated rings. The van der Waals surface area contributed by atoms with Crippen LogP contribution in [0.1, 0.15) is 34.6 Å². The Morgan fingerprint density at radius 2 is 1.66 bits per heavy atom. The van der Waals surface area contributed by atoms with E-state index >= 15 is 0 Å². The Morgan fingerprint density at radius 3 is 2.41 bits per heavy atom. The second kappa shape index (κ2) is 8.23. The minimum atomic E-state index is -0.222. The van der Waals surface area contributed by atoms with Gasteiger partial charge in [0, 0.05) is 5.56 Å². The number of hydrogen-bond donors (Lipinski definition) is 1. The topological polar surface area (TPSA) is 65.4 Å². The van der Waals surface area contributed by atoms with Crippen LogP contribution in [0.2, 0.25) is 0 Å². The third-order valence-electron chi connectivity index (χ3n) is 5.64. The number of aromatic nitrogens is 2. The minimum absolute atomic E-state index is 0.172. The van der Waals surface area contributed by atoms with Crippen LogP contribution in [0.25, 0.3) is 16.9 Å². The van der Waals surface area contributed by atoms with Gasteiger partial charge < -0.3 is 14.8 Å². The summed E-state index contributed by atoms with van der Waals surface area (Å²) in [6, 6.07) is 25.1. The Balaban J connectivity index is 1.51. The highest BCUT2D eigenvalue weighted by molar-refractivity contribution is 6.01. The minimum Gasteiger partial charge on any atom is -0.454 e. The molecule has 5 rings (SSSR count). The molecule has 3 aromatic carbocycles. The van der Waals surface area contributed by atoms with Crippen LogP contribution in [0.4, 0.5) is 0 Å². The second-order valence-corrected chi connectivity index (χ2v) is 7.73. The van der Waals surface area contributed by atoms with Gasteiger partial charge in [-0.3, -0.25) is 4.79 Å². The summed E-state index contributed by atoms with van der Waals surface area (Å²) in [6.45, 7) is 4.10. The average Bonchev–Trinajstić information content (AvgIpc) is 3.44. The van der Waals surface area contributed by atoms with Gasteiger partial charge in [-0.15, -0.1) is 0 Å². The van der Waals surface area contributed by atoms with Crippen molar-refractivity contribution < 1.29 is 14.3 Å². The quantitative estimate of drug-likeness (QED) is 0.485. The highest BCUT2D eigenvalue weighted by Crippen LogP contribution is 2.34. The number of amides is 1. The van der Waals surface area contributed by atoms with Gasteiger partial charge in [0.05, 0.1) is 23.0 Å². The predicted molar refractivity (Wildman–Crippen MR) is 122 cm³/mol. The Bertz CT molecular complexity index is 1270. The van der Waals surface area contributed by atoms with Gasteiger partial charge in [0.25, 0.3) is 5.91 Å². The van der Waals surface area contributed by atoms with Gasteiger partial charge in [-0.1, -0.05) is 54.6 Å².